The van der Waals surface area contributed by atoms with Gasteiger partial charge in [-0.25, -0.2) is 0 Å². The summed E-state index contributed by atoms with van der Waals surface area (Å²) >= 11 is 0. The number of carbonyl (C=O) groups is 1. The number of hydrogen-bond donors (Lipinski definition) is 1. The minimum atomic E-state index is -0.211. The molecular weight excluding hydrogens is 170 g/mol. The molecule has 0 amide bonds. The van der Waals surface area contributed by atoms with Crippen molar-refractivity contribution in [2.45, 2.75) is 26.7 Å². The third-order valence-electron chi connectivity index (χ3n) is 2.05. The van der Waals surface area contributed by atoms with Crippen molar-refractivity contribution >= 4 is 5.97 Å². The SMILES string of the molecule is CC(C)(CO)CN1CCCC(=O)O1. The van der Waals surface area contributed by atoms with Gasteiger partial charge in [0.15, 0.2) is 0 Å². The zero-order valence-electron chi connectivity index (χ0n) is 8.25. The molecule has 13 heavy (non-hydrogen) atoms. The van der Waals surface area contributed by atoms with E-state index in [0.29, 0.717) is 13.0 Å². The van der Waals surface area contributed by atoms with Gasteiger partial charge in [0.05, 0.1) is 0 Å². The molecule has 0 saturated carbocycles. The van der Waals surface area contributed by atoms with E-state index in [1.807, 2.05) is 13.8 Å². The molecule has 0 atom stereocenters. The second-order valence-electron chi connectivity index (χ2n) is 4.25. The maximum atomic E-state index is 10.9. The standard InChI is InChI=1S/C9H17NO3/c1-9(2,7-11)6-10-5-3-4-8(12)13-10/h11H,3-7H2,1-2H3. The topological polar surface area (TPSA) is 49.8 Å². The van der Waals surface area contributed by atoms with E-state index in [2.05, 4.69) is 0 Å². The van der Waals surface area contributed by atoms with Gasteiger partial charge in [-0.1, -0.05) is 13.8 Å². The molecule has 1 aliphatic rings. The highest BCUT2D eigenvalue weighted by Crippen LogP contribution is 2.18. The van der Waals surface area contributed by atoms with Gasteiger partial charge in [-0.15, -0.1) is 5.06 Å². The second-order valence-corrected chi connectivity index (χ2v) is 4.25. The van der Waals surface area contributed by atoms with Gasteiger partial charge in [0.1, 0.15) is 0 Å². The molecule has 1 saturated heterocycles. The summed E-state index contributed by atoms with van der Waals surface area (Å²) in [7, 11) is 0. The Bertz CT molecular complexity index is 191. The Labute approximate surface area is 78.4 Å². The number of hydroxylamine groups is 2. The van der Waals surface area contributed by atoms with Crippen molar-refractivity contribution < 1.29 is 14.7 Å². The molecule has 4 nitrogen and oxygen atoms in total. The summed E-state index contributed by atoms with van der Waals surface area (Å²) in [5, 5.41) is 10.7. The normalized spacial score (nSPS) is 20.1. The summed E-state index contributed by atoms with van der Waals surface area (Å²) in [6.07, 6.45) is 1.36. The highest BCUT2D eigenvalue weighted by atomic mass is 16.7. The van der Waals surface area contributed by atoms with Crippen molar-refractivity contribution in [1.82, 2.24) is 5.06 Å². The van der Waals surface area contributed by atoms with Gasteiger partial charge >= 0.3 is 5.97 Å². The first-order valence-corrected chi connectivity index (χ1v) is 4.60. The van der Waals surface area contributed by atoms with Crippen LogP contribution in [-0.4, -0.2) is 35.8 Å². The molecule has 1 heterocycles. The number of aliphatic hydroxyl groups excluding tert-OH is 1. The number of carbonyl (C=O) groups excluding carboxylic acids is 1. The van der Waals surface area contributed by atoms with Crippen LogP contribution in [0.25, 0.3) is 0 Å². The van der Waals surface area contributed by atoms with Gasteiger partial charge in [-0.2, -0.15) is 0 Å². The average molecular weight is 187 g/mol. The highest BCUT2D eigenvalue weighted by molar-refractivity contribution is 5.69. The van der Waals surface area contributed by atoms with Gasteiger partial charge in [-0.3, -0.25) is 4.79 Å². The fourth-order valence-corrected chi connectivity index (χ4v) is 1.27. The third-order valence-corrected chi connectivity index (χ3v) is 2.05. The van der Waals surface area contributed by atoms with Crippen LogP contribution in [0, 0.1) is 5.41 Å². The first kappa shape index (κ1) is 10.5. The largest absolute Gasteiger partial charge is 0.396 e. The molecule has 1 rings (SSSR count). The van der Waals surface area contributed by atoms with Gasteiger partial charge in [0.2, 0.25) is 0 Å². The number of hydrogen-bond acceptors (Lipinski definition) is 4. The van der Waals surface area contributed by atoms with Crippen molar-refractivity contribution in [1.29, 1.82) is 0 Å². The summed E-state index contributed by atoms with van der Waals surface area (Å²) in [4.78, 5) is 15.9. The van der Waals surface area contributed by atoms with Gasteiger partial charge in [0, 0.05) is 31.5 Å². The molecule has 4 heteroatoms. The zero-order chi connectivity index (χ0) is 9.90. The van der Waals surface area contributed by atoms with Crippen LogP contribution in [0.15, 0.2) is 0 Å². The smallest absolute Gasteiger partial charge is 0.325 e. The van der Waals surface area contributed by atoms with Crippen LogP contribution in [0.5, 0.6) is 0 Å². The fraction of sp³-hybridized carbons (Fsp3) is 0.889. The van der Waals surface area contributed by atoms with Gasteiger partial charge in [0.25, 0.3) is 0 Å². The summed E-state index contributed by atoms with van der Waals surface area (Å²) in [5.74, 6) is -0.167. The van der Waals surface area contributed by atoms with Crippen molar-refractivity contribution in [2.75, 3.05) is 19.7 Å². The minimum Gasteiger partial charge on any atom is -0.396 e. The maximum absolute atomic E-state index is 10.9. The first-order chi connectivity index (χ1) is 6.03. The van der Waals surface area contributed by atoms with E-state index in [1.54, 1.807) is 5.06 Å². The van der Waals surface area contributed by atoms with Crippen molar-refractivity contribution in [2.24, 2.45) is 5.41 Å². The molecule has 1 fully saturated rings. The number of rotatable bonds is 3. The Morgan fingerprint density at radius 1 is 1.62 bits per heavy atom. The summed E-state index contributed by atoms with van der Waals surface area (Å²) in [6.45, 7) is 5.34. The predicted octanol–water partition coefficient (Wildman–Crippen LogP) is 0.559. The van der Waals surface area contributed by atoms with Crippen molar-refractivity contribution in [3.05, 3.63) is 0 Å². The Hall–Kier alpha value is -0.610. The van der Waals surface area contributed by atoms with Crippen LogP contribution in [-0.2, 0) is 9.63 Å². The van der Waals surface area contributed by atoms with Crippen LogP contribution >= 0.6 is 0 Å². The summed E-state index contributed by atoms with van der Waals surface area (Å²) in [6, 6.07) is 0. The molecule has 0 bridgehead atoms. The van der Waals surface area contributed by atoms with E-state index in [4.69, 9.17) is 9.94 Å². The second kappa shape index (κ2) is 4.07. The Morgan fingerprint density at radius 3 is 2.85 bits per heavy atom. The predicted molar refractivity (Wildman–Crippen MR) is 47.8 cm³/mol. The maximum Gasteiger partial charge on any atom is 0.325 e. The molecule has 76 valence electrons. The van der Waals surface area contributed by atoms with Crippen LogP contribution in [0.3, 0.4) is 0 Å². The van der Waals surface area contributed by atoms with E-state index in [0.717, 1.165) is 13.0 Å². The lowest BCUT2D eigenvalue weighted by Gasteiger charge is -2.31. The molecule has 0 aromatic heterocycles. The van der Waals surface area contributed by atoms with Crippen molar-refractivity contribution in [3.63, 3.8) is 0 Å². The van der Waals surface area contributed by atoms with E-state index in [1.165, 1.54) is 0 Å². The Kier molecular flexibility index (Phi) is 3.27. The third kappa shape index (κ3) is 3.32. The molecule has 0 aliphatic carbocycles. The summed E-state index contributed by atoms with van der Waals surface area (Å²) in [5.41, 5.74) is -0.211. The lowest BCUT2D eigenvalue weighted by atomic mass is 9.95. The van der Waals surface area contributed by atoms with Crippen molar-refractivity contribution in [3.8, 4) is 0 Å². The first-order valence-electron chi connectivity index (χ1n) is 4.60. The van der Waals surface area contributed by atoms with Crippen LogP contribution < -0.4 is 0 Å². The molecule has 1 N–H and O–H groups in total. The molecule has 0 radical (unpaired) electrons. The van der Waals surface area contributed by atoms with E-state index >= 15 is 0 Å². The molecule has 0 aromatic carbocycles. The van der Waals surface area contributed by atoms with E-state index in [-0.39, 0.29) is 18.0 Å². The van der Waals surface area contributed by atoms with E-state index < -0.39 is 0 Å². The zero-order valence-corrected chi connectivity index (χ0v) is 8.25. The molecular formula is C9H17NO3. The number of nitrogens with zero attached hydrogens (tertiary/aromatic N) is 1. The molecule has 0 spiro atoms. The van der Waals surface area contributed by atoms with Crippen LogP contribution in [0.2, 0.25) is 0 Å². The highest BCUT2D eigenvalue weighted by Gasteiger charge is 2.25. The Morgan fingerprint density at radius 2 is 2.31 bits per heavy atom. The Balaban J connectivity index is 2.40. The van der Waals surface area contributed by atoms with Gasteiger partial charge < -0.3 is 9.94 Å². The minimum absolute atomic E-state index is 0.0983. The molecule has 1 aliphatic heterocycles. The molecule has 0 unspecified atom stereocenters. The monoisotopic (exact) mass is 187 g/mol. The number of aliphatic hydroxyl groups is 1. The summed E-state index contributed by atoms with van der Waals surface area (Å²) < 4.78 is 0. The van der Waals surface area contributed by atoms with Crippen LogP contribution in [0.1, 0.15) is 26.7 Å². The quantitative estimate of drug-likeness (QED) is 0.701. The lowest BCUT2D eigenvalue weighted by molar-refractivity contribution is -0.207. The van der Waals surface area contributed by atoms with E-state index in [9.17, 15) is 4.79 Å². The van der Waals surface area contributed by atoms with Crippen LogP contribution in [0.4, 0.5) is 0 Å². The fourth-order valence-electron chi connectivity index (χ4n) is 1.27. The molecule has 0 aromatic rings. The lowest BCUT2D eigenvalue weighted by Crippen LogP contribution is -2.41. The van der Waals surface area contributed by atoms with Gasteiger partial charge in [-0.05, 0) is 6.42 Å². The average Bonchev–Trinajstić information content (AvgIpc) is 2.03.